The van der Waals surface area contributed by atoms with E-state index in [9.17, 15) is 18.0 Å². The first kappa shape index (κ1) is 13.3. The van der Waals surface area contributed by atoms with Gasteiger partial charge in [-0.2, -0.15) is 0 Å². The maximum atomic E-state index is 12.0. The minimum Gasteiger partial charge on any atom is -0.481 e. The van der Waals surface area contributed by atoms with E-state index in [1.807, 2.05) is 0 Å². The van der Waals surface area contributed by atoms with Gasteiger partial charge in [-0.3, -0.25) is 4.79 Å². The van der Waals surface area contributed by atoms with Crippen LogP contribution in [0.3, 0.4) is 0 Å². The Bertz CT molecular complexity index is 401. The number of hydrogen-bond donors (Lipinski definition) is 1. The highest BCUT2D eigenvalue weighted by Gasteiger charge is 2.31. The van der Waals surface area contributed by atoms with Crippen molar-refractivity contribution < 1.29 is 27.8 Å². The predicted octanol–water partition coefficient (Wildman–Crippen LogP) is 3.16. The van der Waals surface area contributed by atoms with Crippen molar-refractivity contribution in [2.24, 2.45) is 0 Å². The van der Waals surface area contributed by atoms with Crippen LogP contribution in [-0.2, 0) is 4.79 Å². The van der Waals surface area contributed by atoms with Gasteiger partial charge in [0.1, 0.15) is 5.75 Å². The molecule has 0 aliphatic carbocycles. The molecule has 1 aromatic carbocycles. The summed E-state index contributed by atoms with van der Waals surface area (Å²) in [5, 5.41) is 8.59. The maximum absolute atomic E-state index is 12.0. The van der Waals surface area contributed by atoms with E-state index in [1.54, 1.807) is 13.0 Å². The van der Waals surface area contributed by atoms with Crippen LogP contribution in [0.1, 0.15) is 24.8 Å². The highest BCUT2D eigenvalue weighted by atomic mass is 19.4. The van der Waals surface area contributed by atoms with Gasteiger partial charge in [-0.15, -0.1) is 13.2 Å². The molecule has 0 fully saturated rings. The normalized spacial score (nSPS) is 13.2. The first-order valence-electron chi connectivity index (χ1n) is 4.85. The molecule has 0 heterocycles. The summed E-state index contributed by atoms with van der Waals surface area (Å²) in [4.78, 5) is 10.5. The van der Waals surface area contributed by atoms with E-state index in [2.05, 4.69) is 4.74 Å². The SMILES string of the molecule is CC(CC(=O)O)c1cccc(OC(F)(F)F)c1. The fraction of sp³-hybridized carbons (Fsp3) is 0.364. The van der Waals surface area contributed by atoms with Crippen LogP contribution < -0.4 is 4.74 Å². The van der Waals surface area contributed by atoms with Gasteiger partial charge in [0.05, 0.1) is 6.42 Å². The molecule has 1 unspecified atom stereocenters. The monoisotopic (exact) mass is 248 g/mol. The van der Waals surface area contributed by atoms with Gasteiger partial charge in [-0.05, 0) is 23.6 Å². The van der Waals surface area contributed by atoms with Gasteiger partial charge in [-0.25, -0.2) is 0 Å². The van der Waals surface area contributed by atoms with Crippen molar-refractivity contribution in [2.75, 3.05) is 0 Å². The highest BCUT2D eigenvalue weighted by molar-refractivity contribution is 5.68. The van der Waals surface area contributed by atoms with E-state index in [0.717, 1.165) is 0 Å². The van der Waals surface area contributed by atoms with Crippen molar-refractivity contribution in [3.05, 3.63) is 29.8 Å². The molecule has 0 bridgehead atoms. The molecule has 1 N–H and O–H groups in total. The second-order valence-corrected chi connectivity index (χ2v) is 3.62. The van der Waals surface area contributed by atoms with Crippen LogP contribution in [0, 0.1) is 0 Å². The molecule has 0 aliphatic rings. The number of carboxylic acid groups (broad SMARTS) is 1. The fourth-order valence-corrected chi connectivity index (χ4v) is 1.40. The molecule has 0 aliphatic heterocycles. The van der Waals surface area contributed by atoms with Crippen LogP contribution in [-0.4, -0.2) is 17.4 Å². The van der Waals surface area contributed by atoms with Gasteiger partial charge in [0.2, 0.25) is 0 Å². The topological polar surface area (TPSA) is 46.5 Å². The summed E-state index contributed by atoms with van der Waals surface area (Å²) in [6, 6.07) is 5.33. The number of ether oxygens (including phenoxy) is 1. The molecule has 17 heavy (non-hydrogen) atoms. The quantitative estimate of drug-likeness (QED) is 0.890. The minimum atomic E-state index is -4.74. The molecule has 1 atom stereocenters. The van der Waals surface area contributed by atoms with Crippen molar-refractivity contribution in [1.82, 2.24) is 0 Å². The van der Waals surface area contributed by atoms with E-state index in [0.29, 0.717) is 5.56 Å². The zero-order chi connectivity index (χ0) is 13.1. The summed E-state index contributed by atoms with van der Waals surface area (Å²) in [7, 11) is 0. The number of halogens is 3. The summed E-state index contributed by atoms with van der Waals surface area (Å²) in [6.45, 7) is 1.63. The maximum Gasteiger partial charge on any atom is 0.573 e. The summed E-state index contributed by atoms with van der Waals surface area (Å²) in [5.74, 6) is -1.71. The number of rotatable bonds is 4. The molecule has 0 radical (unpaired) electrons. The third kappa shape index (κ3) is 4.76. The Kier molecular flexibility index (Phi) is 3.98. The van der Waals surface area contributed by atoms with Gasteiger partial charge in [0.15, 0.2) is 0 Å². The fourth-order valence-electron chi connectivity index (χ4n) is 1.40. The lowest BCUT2D eigenvalue weighted by molar-refractivity contribution is -0.274. The average Bonchev–Trinajstić information content (AvgIpc) is 2.14. The molecule has 0 saturated carbocycles. The summed E-state index contributed by atoms with van der Waals surface area (Å²) < 4.78 is 39.7. The van der Waals surface area contributed by atoms with Crippen molar-refractivity contribution in [3.63, 3.8) is 0 Å². The van der Waals surface area contributed by atoms with Gasteiger partial charge < -0.3 is 9.84 Å². The zero-order valence-corrected chi connectivity index (χ0v) is 8.99. The molecule has 1 aromatic rings. The number of carbonyl (C=O) groups is 1. The third-order valence-electron chi connectivity index (χ3n) is 2.14. The Balaban J connectivity index is 2.82. The largest absolute Gasteiger partial charge is 0.573 e. The smallest absolute Gasteiger partial charge is 0.481 e. The van der Waals surface area contributed by atoms with Crippen LogP contribution in [0.25, 0.3) is 0 Å². The molecule has 1 rings (SSSR count). The standard InChI is InChI=1S/C11H11F3O3/c1-7(5-10(15)16)8-3-2-4-9(6-8)17-11(12,13)14/h2-4,6-7H,5H2,1H3,(H,15,16). The van der Waals surface area contributed by atoms with Gasteiger partial charge in [0.25, 0.3) is 0 Å². The molecule has 6 heteroatoms. The first-order chi connectivity index (χ1) is 7.78. The van der Waals surface area contributed by atoms with Crippen LogP contribution in [0.15, 0.2) is 24.3 Å². The number of carboxylic acids is 1. The summed E-state index contributed by atoms with van der Waals surface area (Å²) in [6.07, 6.45) is -4.88. The molecule has 0 amide bonds. The average molecular weight is 248 g/mol. The van der Waals surface area contributed by atoms with Crippen molar-refractivity contribution in [1.29, 1.82) is 0 Å². The highest BCUT2D eigenvalue weighted by Crippen LogP contribution is 2.27. The van der Waals surface area contributed by atoms with Gasteiger partial charge >= 0.3 is 12.3 Å². The molecule has 0 saturated heterocycles. The lowest BCUT2D eigenvalue weighted by Crippen LogP contribution is -2.17. The van der Waals surface area contributed by atoms with Crippen molar-refractivity contribution >= 4 is 5.97 Å². The number of hydrogen-bond acceptors (Lipinski definition) is 2. The van der Waals surface area contributed by atoms with E-state index in [-0.39, 0.29) is 18.1 Å². The van der Waals surface area contributed by atoms with Gasteiger partial charge in [-0.1, -0.05) is 19.1 Å². The number of benzene rings is 1. The molecule has 0 aromatic heterocycles. The second kappa shape index (κ2) is 5.07. The lowest BCUT2D eigenvalue weighted by Gasteiger charge is -2.12. The number of alkyl halides is 3. The Labute approximate surface area is 95.8 Å². The lowest BCUT2D eigenvalue weighted by atomic mass is 9.98. The van der Waals surface area contributed by atoms with E-state index in [4.69, 9.17) is 5.11 Å². The van der Waals surface area contributed by atoms with Crippen LogP contribution >= 0.6 is 0 Å². The summed E-state index contributed by atoms with van der Waals surface area (Å²) >= 11 is 0. The Morgan fingerprint density at radius 2 is 2.12 bits per heavy atom. The number of aliphatic carboxylic acids is 1. The van der Waals surface area contributed by atoms with E-state index >= 15 is 0 Å². The third-order valence-corrected chi connectivity index (χ3v) is 2.14. The minimum absolute atomic E-state index is 0.143. The molecule has 3 nitrogen and oxygen atoms in total. The van der Waals surface area contributed by atoms with Crippen LogP contribution in [0.2, 0.25) is 0 Å². The molecule has 94 valence electrons. The van der Waals surface area contributed by atoms with Crippen molar-refractivity contribution in [2.45, 2.75) is 25.6 Å². The Morgan fingerprint density at radius 3 is 2.65 bits per heavy atom. The second-order valence-electron chi connectivity index (χ2n) is 3.62. The Morgan fingerprint density at radius 1 is 1.47 bits per heavy atom. The molecule has 0 spiro atoms. The van der Waals surface area contributed by atoms with Crippen LogP contribution in [0.4, 0.5) is 13.2 Å². The van der Waals surface area contributed by atoms with Gasteiger partial charge in [0, 0.05) is 0 Å². The molecular formula is C11H11F3O3. The summed E-state index contributed by atoms with van der Waals surface area (Å²) in [5.41, 5.74) is 0.495. The van der Waals surface area contributed by atoms with Crippen molar-refractivity contribution in [3.8, 4) is 5.75 Å². The first-order valence-corrected chi connectivity index (χ1v) is 4.85. The van der Waals surface area contributed by atoms with E-state index in [1.165, 1.54) is 18.2 Å². The van der Waals surface area contributed by atoms with E-state index < -0.39 is 12.3 Å². The predicted molar refractivity (Wildman–Crippen MR) is 53.8 cm³/mol. The van der Waals surface area contributed by atoms with Crippen LogP contribution in [0.5, 0.6) is 5.75 Å². The zero-order valence-electron chi connectivity index (χ0n) is 8.99. The Hall–Kier alpha value is -1.72. The molecular weight excluding hydrogens is 237 g/mol.